The second kappa shape index (κ2) is 4.97. The predicted molar refractivity (Wildman–Crippen MR) is 68.7 cm³/mol. The fraction of sp³-hybridized carbons (Fsp3) is 1.00. The molecule has 0 nitrogen and oxygen atoms in total. The predicted octanol–water partition coefficient (Wildman–Crippen LogP) is 4.49. The molecule has 0 heterocycles. The SMILES string of the molecule is CCC1CC1(C)C(C)CCCC(C)P. The molecule has 0 amide bonds. The van der Waals surface area contributed by atoms with Gasteiger partial charge in [0, 0.05) is 0 Å². The van der Waals surface area contributed by atoms with Crippen molar-refractivity contribution in [2.45, 2.75) is 65.5 Å². The van der Waals surface area contributed by atoms with E-state index in [2.05, 4.69) is 36.9 Å². The van der Waals surface area contributed by atoms with E-state index in [0.29, 0.717) is 5.41 Å². The molecule has 0 bridgehead atoms. The highest BCUT2D eigenvalue weighted by Crippen LogP contribution is 2.60. The van der Waals surface area contributed by atoms with Crippen molar-refractivity contribution in [3.05, 3.63) is 0 Å². The van der Waals surface area contributed by atoms with Crippen LogP contribution in [0.5, 0.6) is 0 Å². The van der Waals surface area contributed by atoms with Gasteiger partial charge in [0.2, 0.25) is 0 Å². The Labute approximate surface area is 92.4 Å². The molecule has 1 rings (SSSR count). The van der Waals surface area contributed by atoms with Crippen LogP contribution in [0.2, 0.25) is 0 Å². The number of hydrogen-bond acceptors (Lipinski definition) is 0. The maximum absolute atomic E-state index is 2.90. The largest absolute Gasteiger partial charge is 0.135 e. The van der Waals surface area contributed by atoms with Gasteiger partial charge in [0.05, 0.1) is 0 Å². The third-order valence-electron chi connectivity index (χ3n) is 4.37. The smallest absolute Gasteiger partial charge is 0.0269 e. The van der Waals surface area contributed by atoms with Gasteiger partial charge in [-0.25, -0.2) is 0 Å². The Morgan fingerprint density at radius 3 is 2.43 bits per heavy atom. The van der Waals surface area contributed by atoms with E-state index < -0.39 is 0 Å². The summed E-state index contributed by atoms with van der Waals surface area (Å²) in [5.41, 5.74) is 1.51. The molecule has 0 aromatic heterocycles. The van der Waals surface area contributed by atoms with Gasteiger partial charge in [-0.05, 0) is 35.8 Å². The van der Waals surface area contributed by atoms with E-state index in [1.54, 1.807) is 0 Å². The molecular weight excluding hydrogens is 187 g/mol. The van der Waals surface area contributed by atoms with Crippen LogP contribution in [0.3, 0.4) is 0 Å². The first kappa shape index (κ1) is 12.5. The lowest BCUT2D eigenvalue weighted by Crippen LogP contribution is -2.11. The first-order valence-electron chi connectivity index (χ1n) is 6.26. The second-order valence-corrected chi connectivity index (χ2v) is 6.76. The molecule has 0 aromatic carbocycles. The van der Waals surface area contributed by atoms with Crippen LogP contribution in [-0.4, -0.2) is 5.66 Å². The highest BCUT2D eigenvalue weighted by molar-refractivity contribution is 7.17. The van der Waals surface area contributed by atoms with Crippen LogP contribution in [0.4, 0.5) is 0 Å². The Morgan fingerprint density at radius 2 is 2.00 bits per heavy atom. The highest BCUT2D eigenvalue weighted by Gasteiger charge is 2.51. The zero-order valence-corrected chi connectivity index (χ0v) is 11.5. The minimum absolute atomic E-state index is 0.707. The Kier molecular flexibility index (Phi) is 4.44. The molecule has 1 heteroatoms. The lowest BCUT2D eigenvalue weighted by Gasteiger charge is -2.20. The summed E-state index contributed by atoms with van der Waals surface area (Å²) in [5, 5.41) is 0. The molecule has 0 aliphatic heterocycles. The fourth-order valence-electron chi connectivity index (χ4n) is 2.76. The third kappa shape index (κ3) is 2.96. The molecule has 0 aromatic rings. The zero-order valence-electron chi connectivity index (χ0n) is 10.3. The molecule has 1 fully saturated rings. The van der Waals surface area contributed by atoms with Gasteiger partial charge in [0.1, 0.15) is 0 Å². The monoisotopic (exact) mass is 214 g/mol. The summed E-state index contributed by atoms with van der Waals surface area (Å²) in [6.07, 6.45) is 7.10. The van der Waals surface area contributed by atoms with Gasteiger partial charge < -0.3 is 0 Å². The summed E-state index contributed by atoms with van der Waals surface area (Å²) in [6.45, 7) is 9.59. The summed E-state index contributed by atoms with van der Waals surface area (Å²) in [4.78, 5) is 0. The van der Waals surface area contributed by atoms with Crippen molar-refractivity contribution in [1.29, 1.82) is 0 Å². The van der Waals surface area contributed by atoms with Crippen LogP contribution in [0.1, 0.15) is 59.8 Å². The number of rotatable bonds is 6. The minimum atomic E-state index is 0.707. The van der Waals surface area contributed by atoms with Crippen molar-refractivity contribution in [3.8, 4) is 0 Å². The van der Waals surface area contributed by atoms with Crippen molar-refractivity contribution < 1.29 is 0 Å². The highest BCUT2D eigenvalue weighted by atomic mass is 31.0. The van der Waals surface area contributed by atoms with Crippen molar-refractivity contribution in [2.24, 2.45) is 17.3 Å². The maximum Gasteiger partial charge on any atom is -0.0269 e. The zero-order chi connectivity index (χ0) is 10.8. The molecule has 1 aliphatic rings. The van der Waals surface area contributed by atoms with Gasteiger partial charge >= 0.3 is 0 Å². The fourth-order valence-corrected chi connectivity index (χ4v) is 3.00. The van der Waals surface area contributed by atoms with Gasteiger partial charge in [-0.3, -0.25) is 0 Å². The van der Waals surface area contributed by atoms with Crippen LogP contribution in [0, 0.1) is 17.3 Å². The quantitative estimate of drug-likeness (QED) is 0.571. The van der Waals surface area contributed by atoms with E-state index in [0.717, 1.165) is 17.5 Å². The molecular formula is C13H27P. The van der Waals surface area contributed by atoms with Crippen LogP contribution < -0.4 is 0 Å². The van der Waals surface area contributed by atoms with Gasteiger partial charge in [-0.1, -0.05) is 47.0 Å². The molecule has 0 N–H and O–H groups in total. The third-order valence-corrected chi connectivity index (χ3v) is 4.71. The van der Waals surface area contributed by atoms with Gasteiger partial charge in [-0.15, -0.1) is 9.24 Å². The van der Waals surface area contributed by atoms with Gasteiger partial charge in [0.15, 0.2) is 0 Å². The normalized spacial score (nSPS) is 35.4. The summed E-state index contributed by atoms with van der Waals surface area (Å²) in [7, 11) is 2.90. The van der Waals surface area contributed by atoms with Crippen LogP contribution in [0.25, 0.3) is 0 Å². The van der Waals surface area contributed by atoms with Crippen LogP contribution >= 0.6 is 9.24 Å². The van der Waals surface area contributed by atoms with E-state index in [-0.39, 0.29) is 0 Å². The molecule has 14 heavy (non-hydrogen) atoms. The molecule has 0 spiro atoms. The Bertz CT molecular complexity index is 176. The first-order chi connectivity index (χ1) is 6.50. The average molecular weight is 214 g/mol. The number of hydrogen-bond donors (Lipinski definition) is 0. The van der Waals surface area contributed by atoms with Crippen LogP contribution in [0.15, 0.2) is 0 Å². The van der Waals surface area contributed by atoms with E-state index in [9.17, 15) is 0 Å². The standard InChI is InChI=1S/C13H27P/c1-5-12-9-13(12,4)10(2)7-6-8-11(3)14/h10-12H,5-9,14H2,1-4H3. The van der Waals surface area contributed by atoms with Crippen LogP contribution in [-0.2, 0) is 0 Å². The van der Waals surface area contributed by atoms with Gasteiger partial charge in [0.25, 0.3) is 0 Å². The molecule has 1 aliphatic carbocycles. The molecule has 1 saturated carbocycles. The minimum Gasteiger partial charge on any atom is -0.135 e. The van der Waals surface area contributed by atoms with Crippen molar-refractivity contribution in [1.82, 2.24) is 0 Å². The Hall–Kier alpha value is 0.430. The summed E-state index contributed by atoms with van der Waals surface area (Å²) in [5.74, 6) is 1.97. The summed E-state index contributed by atoms with van der Waals surface area (Å²) in [6, 6.07) is 0. The Balaban J connectivity index is 2.19. The molecule has 0 saturated heterocycles. The topological polar surface area (TPSA) is 0 Å². The lowest BCUT2D eigenvalue weighted by molar-refractivity contribution is 0.301. The van der Waals surface area contributed by atoms with Crippen molar-refractivity contribution >= 4 is 9.24 Å². The van der Waals surface area contributed by atoms with Crippen molar-refractivity contribution in [3.63, 3.8) is 0 Å². The van der Waals surface area contributed by atoms with Crippen molar-refractivity contribution in [2.75, 3.05) is 0 Å². The maximum atomic E-state index is 2.90. The Morgan fingerprint density at radius 1 is 1.36 bits per heavy atom. The lowest BCUT2D eigenvalue weighted by atomic mass is 9.85. The van der Waals surface area contributed by atoms with E-state index in [1.807, 2.05) is 0 Å². The van der Waals surface area contributed by atoms with E-state index in [4.69, 9.17) is 0 Å². The first-order valence-corrected chi connectivity index (χ1v) is 6.93. The van der Waals surface area contributed by atoms with E-state index >= 15 is 0 Å². The van der Waals surface area contributed by atoms with E-state index in [1.165, 1.54) is 32.1 Å². The summed E-state index contributed by atoms with van der Waals surface area (Å²) < 4.78 is 0. The molecule has 5 atom stereocenters. The van der Waals surface area contributed by atoms with Gasteiger partial charge in [-0.2, -0.15) is 0 Å². The molecule has 84 valence electrons. The summed E-state index contributed by atoms with van der Waals surface area (Å²) >= 11 is 0. The molecule has 5 unspecified atom stereocenters. The second-order valence-electron chi connectivity index (χ2n) is 5.62. The molecule has 0 radical (unpaired) electrons. The average Bonchev–Trinajstić information content (AvgIpc) is 2.78.